The number of likely N-dealkylation sites (N-methyl/N-ethyl adjacent to an activating group) is 1. The number of aromatic amines is 1. The quantitative estimate of drug-likeness (QED) is 0.886. The van der Waals surface area contributed by atoms with Gasteiger partial charge >= 0.3 is 6.09 Å². The summed E-state index contributed by atoms with van der Waals surface area (Å²) in [5.74, 6) is 0. The van der Waals surface area contributed by atoms with Gasteiger partial charge in [-0.25, -0.2) is 4.79 Å². The number of aryl methyl sites for hydroxylation is 1. The Labute approximate surface area is 134 Å². The molecule has 0 unspecified atom stereocenters. The maximum atomic E-state index is 11.4. The van der Waals surface area contributed by atoms with Crippen LogP contribution in [0.3, 0.4) is 0 Å². The molecule has 21 heavy (non-hydrogen) atoms. The van der Waals surface area contributed by atoms with Gasteiger partial charge in [-0.15, -0.1) is 0 Å². The molecule has 5 heteroatoms. The van der Waals surface area contributed by atoms with E-state index in [1.54, 1.807) is 14.1 Å². The zero-order valence-corrected chi connectivity index (χ0v) is 11.8. The molecule has 1 aromatic carbocycles. The summed E-state index contributed by atoms with van der Waals surface area (Å²) in [6, 6.07) is -1.58. The number of hydrogen-bond acceptors (Lipinski definition) is 3. The predicted octanol–water partition coefficient (Wildman–Crippen LogP) is 1.92. The molecule has 1 saturated heterocycles. The van der Waals surface area contributed by atoms with Crippen LogP contribution in [-0.4, -0.2) is 49.2 Å². The van der Waals surface area contributed by atoms with E-state index in [1.165, 1.54) is 11.1 Å². The molecular weight excluding hydrogens is 266 g/mol. The Hall–Kier alpha value is -2.01. The van der Waals surface area contributed by atoms with Gasteiger partial charge in [-0.1, -0.05) is 6.04 Å². The van der Waals surface area contributed by atoms with Crippen molar-refractivity contribution in [2.75, 3.05) is 27.2 Å². The van der Waals surface area contributed by atoms with E-state index in [-0.39, 0.29) is 42.0 Å². The highest BCUT2D eigenvalue weighted by Gasteiger charge is 2.22. The average molecular weight is 294 g/mol. The molecule has 0 saturated carbocycles. The highest BCUT2D eigenvalue weighted by molar-refractivity contribution is 5.84. The van der Waals surface area contributed by atoms with Gasteiger partial charge in [0.15, 0.2) is 0 Å². The summed E-state index contributed by atoms with van der Waals surface area (Å²) in [6.45, 7) is -3.98. The van der Waals surface area contributed by atoms with Gasteiger partial charge in [0.1, 0.15) is 6.56 Å². The van der Waals surface area contributed by atoms with Gasteiger partial charge in [0, 0.05) is 26.3 Å². The molecule has 2 heterocycles. The molecule has 3 rings (SSSR count). The number of rotatable bonds is 5. The summed E-state index contributed by atoms with van der Waals surface area (Å²) in [5.41, 5.74) is 0.852. The number of ether oxygens (including phenoxy) is 1. The number of nitrogens with zero attached hydrogens (tertiary/aromatic N) is 1. The molecule has 2 N–H and O–H groups in total. The number of amides is 1. The van der Waals surface area contributed by atoms with Crippen LogP contribution < -0.4 is 5.32 Å². The van der Waals surface area contributed by atoms with Gasteiger partial charge in [0.25, 0.3) is 0 Å². The maximum Gasteiger partial charge on any atom is 0.407 e. The Morgan fingerprint density at radius 1 is 1.57 bits per heavy atom. The second kappa shape index (κ2) is 5.77. The second-order valence-corrected chi connectivity index (χ2v) is 5.06. The van der Waals surface area contributed by atoms with Crippen LogP contribution in [0.4, 0.5) is 4.79 Å². The Kier molecular flexibility index (Phi) is 2.16. The largest absolute Gasteiger partial charge is 0.447 e. The molecule has 0 aliphatic carbocycles. The van der Waals surface area contributed by atoms with E-state index in [1.807, 2.05) is 0 Å². The molecule has 1 aliphatic rings. The highest BCUT2D eigenvalue weighted by Crippen LogP contribution is 2.21. The first-order valence-electron chi connectivity index (χ1n) is 10.1. The number of alkyl carbamates (subject to hydrolysis) is 1. The van der Waals surface area contributed by atoms with Gasteiger partial charge in [-0.2, -0.15) is 0 Å². The van der Waals surface area contributed by atoms with Crippen molar-refractivity contribution in [1.29, 1.82) is 0 Å². The van der Waals surface area contributed by atoms with Crippen molar-refractivity contribution in [1.82, 2.24) is 15.2 Å². The van der Waals surface area contributed by atoms with Crippen LogP contribution in [0.25, 0.3) is 10.9 Å². The summed E-state index contributed by atoms with van der Waals surface area (Å²) in [7, 11) is 3.20. The molecule has 1 amide bonds. The van der Waals surface area contributed by atoms with Crippen LogP contribution in [0.2, 0.25) is 0 Å². The summed E-state index contributed by atoms with van der Waals surface area (Å²) < 4.78 is 61.5. The Bertz CT molecular complexity index is 942. The molecule has 1 aliphatic heterocycles. The molecule has 1 atom stereocenters. The molecule has 2 aromatic rings. The van der Waals surface area contributed by atoms with E-state index in [2.05, 4.69) is 15.0 Å². The molecular formula is C16H21N3O2. The van der Waals surface area contributed by atoms with Crippen molar-refractivity contribution in [2.45, 2.75) is 18.9 Å². The van der Waals surface area contributed by atoms with Crippen molar-refractivity contribution < 1.29 is 19.1 Å². The van der Waals surface area contributed by atoms with Crippen molar-refractivity contribution in [3.8, 4) is 0 Å². The standard InChI is InChI=1S/C16H21N3O2/c1-19(2)6-5-12-9-17-15-4-3-11(8-14(12)15)7-13-10-21-16(20)18-13/h3-4,8-9,13,17H,5-7,10H2,1-2H3,(H,18,20)/t13-/m0/s1/i3D,4D,6D2,8D,10D2. The molecule has 5 nitrogen and oxygen atoms in total. The lowest BCUT2D eigenvalue weighted by Gasteiger charge is -2.09. The van der Waals surface area contributed by atoms with E-state index in [0.29, 0.717) is 10.9 Å². The van der Waals surface area contributed by atoms with Crippen molar-refractivity contribution in [2.24, 2.45) is 0 Å². The van der Waals surface area contributed by atoms with E-state index in [0.717, 1.165) is 0 Å². The Morgan fingerprint density at radius 2 is 2.43 bits per heavy atom. The fourth-order valence-electron chi connectivity index (χ4n) is 2.13. The Morgan fingerprint density at radius 3 is 3.14 bits per heavy atom. The molecule has 1 fully saturated rings. The number of fused-ring (bicyclic) bond motifs is 1. The zero-order valence-electron chi connectivity index (χ0n) is 18.8. The summed E-state index contributed by atoms with van der Waals surface area (Å²) >= 11 is 0. The summed E-state index contributed by atoms with van der Waals surface area (Å²) in [5, 5.41) is 2.66. The first-order valence-corrected chi connectivity index (χ1v) is 6.60. The maximum absolute atomic E-state index is 11.4. The molecule has 0 bridgehead atoms. The first kappa shape index (κ1) is 7.84. The molecule has 1 aromatic heterocycles. The monoisotopic (exact) mass is 294 g/mol. The fourth-order valence-corrected chi connectivity index (χ4v) is 2.13. The van der Waals surface area contributed by atoms with E-state index in [9.17, 15) is 4.79 Å². The molecule has 0 radical (unpaired) electrons. The number of H-pyrrole nitrogens is 1. The van der Waals surface area contributed by atoms with Crippen molar-refractivity contribution in [3.63, 3.8) is 0 Å². The number of hydrogen-bond donors (Lipinski definition) is 2. The fraction of sp³-hybridized carbons (Fsp3) is 0.438. The van der Waals surface area contributed by atoms with Gasteiger partial charge < -0.3 is 19.9 Å². The van der Waals surface area contributed by atoms with Crippen LogP contribution in [0.5, 0.6) is 0 Å². The number of benzene rings is 1. The van der Waals surface area contributed by atoms with Crippen LogP contribution >= 0.6 is 0 Å². The topological polar surface area (TPSA) is 57.4 Å². The summed E-state index contributed by atoms with van der Waals surface area (Å²) in [6.07, 6.45) is 0.391. The lowest BCUT2D eigenvalue weighted by Crippen LogP contribution is -2.28. The van der Waals surface area contributed by atoms with Gasteiger partial charge in [-0.05, 0) is 50.1 Å². The molecule has 112 valence electrons. The molecule has 0 spiro atoms. The van der Waals surface area contributed by atoms with Crippen LogP contribution in [0, 0.1) is 0 Å². The van der Waals surface area contributed by atoms with Crippen LogP contribution in [0.15, 0.2) is 24.3 Å². The van der Waals surface area contributed by atoms with Crippen molar-refractivity contribution >= 4 is 17.0 Å². The van der Waals surface area contributed by atoms with Crippen LogP contribution in [-0.2, 0) is 17.6 Å². The smallest absolute Gasteiger partial charge is 0.407 e. The van der Waals surface area contributed by atoms with Crippen molar-refractivity contribution in [3.05, 3.63) is 35.5 Å². The minimum atomic E-state index is -2.30. The van der Waals surface area contributed by atoms with Crippen LogP contribution in [0.1, 0.15) is 20.7 Å². The third-order valence-electron chi connectivity index (χ3n) is 3.16. The third kappa shape index (κ3) is 3.19. The van der Waals surface area contributed by atoms with Gasteiger partial charge in [0.05, 0.1) is 12.9 Å². The second-order valence-electron chi connectivity index (χ2n) is 5.06. The predicted molar refractivity (Wildman–Crippen MR) is 82.5 cm³/mol. The normalized spacial score (nSPS) is 26.1. The number of cyclic esters (lactones) is 1. The van der Waals surface area contributed by atoms with Gasteiger partial charge in [0.2, 0.25) is 0 Å². The lowest BCUT2D eigenvalue weighted by molar-refractivity contribution is 0.177. The van der Waals surface area contributed by atoms with E-state index < -0.39 is 25.2 Å². The number of nitrogens with one attached hydrogen (secondary N) is 2. The number of carbonyl (C=O) groups is 1. The first-order chi connectivity index (χ1) is 12.8. The SMILES string of the molecule is [2H]c1c(C[C@@H]2NC(=O)OC2([2H])[2H])c([2H])c2c(CC([2H])([2H])N(C)C)c[nH]c2c1[2H]. The highest BCUT2D eigenvalue weighted by atomic mass is 16.6. The average Bonchev–Trinajstić information content (AvgIpc) is 3.08. The van der Waals surface area contributed by atoms with E-state index >= 15 is 0 Å². The minimum Gasteiger partial charge on any atom is -0.447 e. The minimum absolute atomic E-state index is 0.0355. The number of aromatic nitrogens is 1. The van der Waals surface area contributed by atoms with E-state index in [4.69, 9.17) is 9.60 Å². The lowest BCUT2D eigenvalue weighted by atomic mass is 10.0. The zero-order chi connectivity index (χ0) is 21.0. The Balaban J connectivity index is 2.09. The third-order valence-corrected chi connectivity index (χ3v) is 3.16. The summed E-state index contributed by atoms with van der Waals surface area (Å²) in [4.78, 5) is 15.7. The number of carbonyl (C=O) groups excluding carboxylic acids is 1. The van der Waals surface area contributed by atoms with Gasteiger partial charge in [-0.3, -0.25) is 0 Å².